The summed E-state index contributed by atoms with van der Waals surface area (Å²) in [6, 6.07) is 18.3. The van der Waals surface area contributed by atoms with Crippen LogP contribution < -0.4 is 16.3 Å². The van der Waals surface area contributed by atoms with Crippen LogP contribution in [0.15, 0.2) is 69.0 Å². The number of nitrogens with zero attached hydrogens (tertiary/aromatic N) is 3. The Morgan fingerprint density at radius 2 is 0.917 bits per heavy atom. The summed E-state index contributed by atoms with van der Waals surface area (Å²) in [7, 11) is 0. The van der Waals surface area contributed by atoms with E-state index >= 15 is 0 Å². The summed E-state index contributed by atoms with van der Waals surface area (Å²) < 4.78 is 0. The summed E-state index contributed by atoms with van der Waals surface area (Å²) in [5.41, 5.74) is -0.00648. The molecule has 0 saturated carbocycles. The third-order valence-corrected chi connectivity index (χ3v) is 7.15. The molecule has 0 aliphatic carbocycles. The first-order valence-electron chi connectivity index (χ1n) is 11.0. The molecule has 6 nitrogen and oxygen atoms in total. The third-order valence-electron chi connectivity index (χ3n) is 7.15. The first kappa shape index (κ1) is 19.8. The first-order valence-corrected chi connectivity index (χ1v) is 11.0. The highest BCUT2D eigenvalue weighted by Gasteiger charge is 2.27. The minimum Gasteiger partial charge on any atom is -0.289 e. The molecule has 0 radical (unpaired) electrons. The van der Waals surface area contributed by atoms with E-state index in [1.807, 2.05) is 0 Å². The van der Waals surface area contributed by atoms with E-state index in [-0.39, 0.29) is 32.4 Å². The van der Waals surface area contributed by atoms with Crippen molar-refractivity contribution in [3.05, 3.63) is 108 Å². The van der Waals surface area contributed by atoms with Gasteiger partial charge in [0, 0.05) is 48.5 Å². The van der Waals surface area contributed by atoms with Gasteiger partial charge in [0.25, 0.3) is 0 Å². The van der Waals surface area contributed by atoms with Crippen LogP contribution in [0.2, 0.25) is 0 Å². The number of hydrogen-bond acceptors (Lipinski definition) is 5. The Labute approximate surface area is 200 Å². The van der Waals surface area contributed by atoms with Crippen LogP contribution in [0.5, 0.6) is 0 Å². The SMILES string of the molecule is [C-]#[N+]c1ccc2c(=O)c3c4c5cc(C#N)ccc5c(=O)c4c4c5cc(C#N)ccc5c(=O)c4c3c2c1. The summed E-state index contributed by atoms with van der Waals surface area (Å²) in [5.74, 6) is 0. The molecule has 0 bridgehead atoms. The molecule has 0 unspecified atom stereocenters. The van der Waals surface area contributed by atoms with Crippen molar-refractivity contribution in [1.29, 1.82) is 10.5 Å². The van der Waals surface area contributed by atoms with E-state index in [1.165, 1.54) is 0 Å². The number of hydrogen-bond donors (Lipinski definition) is 0. The molecule has 162 valence electrons. The molecule has 0 amide bonds. The van der Waals surface area contributed by atoms with Gasteiger partial charge >= 0.3 is 0 Å². The van der Waals surface area contributed by atoms with Crippen LogP contribution in [0.25, 0.3) is 69.5 Å². The predicted octanol–water partition coefficient (Wildman–Crippen LogP) is 5.29. The quantitative estimate of drug-likeness (QED) is 0.287. The van der Waals surface area contributed by atoms with Crippen molar-refractivity contribution in [1.82, 2.24) is 0 Å². The lowest BCUT2D eigenvalue weighted by Gasteiger charge is -2.02. The fraction of sp³-hybridized carbons (Fsp3) is 0. The predicted molar refractivity (Wildman–Crippen MR) is 140 cm³/mol. The monoisotopic (exact) mass is 459 g/mol. The fourth-order valence-electron chi connectivity index (χ4n) is 5.69. The lowest BCUT2D eigenvalue weighted by Crippen LogP contribution is -1.99. The Morgan fingerprint density at radius 1 is 0.528 bits per heavy atom. The summed E-state index contributed by atoms with van der Waals surface area (Å²) in [5, 5.41) is 23.4. The molecule has 0 saturated heterocycles. The van der Waals surface area contributed by atoms with E-state index in [0.717, 1.165) is 0 Å². The lowest BCUT2D eigenvalue weighted by atomic mass is 9.98. The molecule has 0 heterocycles. The Bertz CT molecular complexity index is 2150. The van der Waals surface area contributed by atoms with Gasteiger partial charge in [0.1, 0.15) is 0 Å². The molecule has 6 heteroatoms. The second-order valence-electron chi connectivity index (χ2n) is 8.82. The zero-order valence-electron chi connectivity index (χ0n) is 18.3. The van der Waals surface area contributed by atoms with Gasteiger partial charge in [0.05, 0.1) is 29.8 Å². The van der Waals surface area contributed by atoms with Crippen molar-refractivity contribution < 1.29 is 0 Å². The van der Waals surface area contributed by atoms with Gasteiger partial charge in [0.2, 0.25) is 0 Å². The maximum Gasteiger partial charge on any atom is 0.194 e. The van der Waals surface area contributed by atoms with Gasteiger partial charge in [-0.15, -0.1) is 0 Å². The zero-order chi connectivity index (χ0) is 24.9. The topological polar surface area (TPSA) is 103 Å². The second kappa shape index (κ2) is 6.48. The van der Waals surface area contributed by atoms with Crippen LogP contribution in [-0.4, -0.2) is 0 Å². The number of fused-ring (bicyclic) bond motifs is 12. The van der Waals surface area contributed by atoms with Gasteiger partial charge in [-0.2, -0.15) is 10.5 Å². The van der Waals surface area contributed by atoms with Crippen molar-refractivity contribution in [2.24, 2.45) is 0 Å². The van der Waals surface area contributed by atoms with Gasteiger partial charge in [-0.1, -0.05) is 12.1 Å². The van der Waals surface area contributed by atoms with E-state index in [0.29, 0.717) is 65.3 Å². The Hall–Kier alpha value is -5.64. The van der Waals surface area contributed by atoms with E-state index in [4.69, 9.17) is 6.57 Å². The van der Waals surface area contributed by atoms with Gasteiger partial charge < -0.3 is 0 Å². The number of rotatable bonds is 0. The van der Waals surface area contributed by atoms with E-state index < -0.39 is 0 Å². The normalized spacial score (nSPS) is 11.6. The molecule has 0 aliphatic rings. The van der Waals surface area contributed by atoms with Crippen molar-refractivity contribution >= 4 is 70.3 Å². The van der Waals surface area contributed by atoms with Crippen LogP contribution in [0.4, 0.5) is 5.69 Å². The highest BCUT2D eigenvalue weighted by Crippen LogP contribution is 2.43. The minimum atomic E-state index is -0.336. The summed E-state index contributed by atoms with van der Waals surface area (Å²) in [6.45, 7) is 7.44. The lowest BCUT2D eigenvalue weighted by molar-refractivity contribution is 1.50. The molecular weight excluding hydrogens is 450 g/mol. The number of nitriles is 2. The molecule has 0 N–H and O–H groups in total. The van der Waals surface area contributed by atoms with Crippen LogP contribution in [-0.2, 0) is 0 Å². The highest BCUT2D eigenvalue weighted by atomic mass is 16.1. The van der Waals surface area contributed by atoms with E-state index in [2.05, 4.69) is 17.0 Å². The van der Waals surface area contributed by atoms with Crippen LogP contribution in [0.1, 0.15) is 11.1 Å². The number of benzene rings is 4. The van der Waals surface area contributed by atoms with Crippen LogP contribution >= 0.6 is 0 Å². The first-order chi connectivity index (χ1) is 17.5. The highest BCUT2D eigenvalue weighted by molar-refractivity contribution is 6.42. The van der Waals surface area contributed by atoms with E-state index in [1.54, 1.807) is 54.6 Å². The summed E-state index contributed by atoms with van der Waals surface area (Å²) >= 11 is 0. The average molecular weight is 459 g/mol. The fourth-order valence-corrected chi connectivity index (χ4v) is 5.69. The molecular formula is C30H9N3O3. The Morgan fingerprint density at radius 3 is 1.31 bits per heavy atom. The standard InChI is InChI=1S/C30H9N3O3/c1-33-15-4-7-18-21(10-15)24-26-22(20-9-14(12-32)3-6-17(20)29(26)35)25-23(27(24)30(18)36)19-8-13(11-31)2-5-16(19)28(25)34/h2-10H. The van der Waals surface area contributed by atoms with Crippen molar-refractivity contribution in [2.75, 3.05) is 0 Å². The van der Waals surface area contributed by atoms with Gasteiger partial charge in [-0.25, -0.2) is 4.85 Å². The summed E-state index contributed by atoms with van der Waals surface area (Å²) in [6.07, 6.45) is 0. The molecule has 36 heavy (non-hydrogen) atoms. The molecule has 7 aromatic carbocycles. The van der Waals surface area contributed by atoms with Gasteiger partial charge in [0.15, 0.2) is 22.0 Å². The molecule has 7 rings (SSSR count). The third kappa shape index (κ3) is 2.15. The smallest absolute Gasteiger partial charge is 0.194 e. The molecule has 0 aliphatic heterocycles. The largest absolute Gasteiger partial charge is 0.289 e. The zero-order valence-corrected chi connectivity index (χ0v) is 18.3. The average Bonchev–Trinajstić information content (AvgIpc) is 3.48. The Kier molecular flexibility index (Phi) is 3.56. The van der Waals surface area contributed by atoms with E-state index in [9.17, 15) is 24.9 Å². The molecule has 0 fully saturated rings. The summed E-state index contributed by atoms with van der Waals surface area (Å²) in [4.78, 5) is 44.9. The van der Waals surface area contributed by atoms with Crippen molar-refractivity contribution in [3.63, 3.8) is 0 Å². The molecule has 7 aromatic rings. The van der Waals surface area contributed by atoms with Crippen LogP contribution in [0, 0.1) is 29.2 Å². The van der Waals surface area contributed by atoms with Crippen molar-refractivity contribution in [2.45, 2.75) is 0 Å². The second-order valence-corrected chi connectivity index (χ2v) is 8.82. The molecule has 0 spiro atoms. The van der Waals surface area contributed by atoms with Gasteiger partial charge in [-0.05, 0) is 58.6 Å². The maximum atomic E-state index is 13.8. The van der Waals surface area contributed by atoms with Gasteiger partial charge in [-0.3, -0.25) is 14.4 Å². The minimum absolute atomic E-state index is 0.239. The molecule has 0 aromatic heterocycles. The van der Waals surface area contributed by atoms with Crippen LogP contribution in [0.3, 0.4) is 0 Å². The maximum absolute atomic E-state index is 13.8. The van der Waals surface area contributed by atoms with Crippen molar-refractivity contribution in [3.8, 4) is 12.1 Å². The Balaban J connectivity index is 1.98. The molecule has 0 atom stereocenters.